The zero-order chi connectivity index (χ0) is 24.4. The van der Waals surface area contributed by atoms with E-state index in [1.165, 1.54) is 6.07 Å². The van der Waals surface area contributed by atoms with E-state index in [-0.39, 0.29) is 29.1 Å². The molecule has 0 fully saturated rings. The van der Waals surface area contributed by atoms with Crippen molar-refractivity contribution in [2.75, 3.05) is 6.61 Å². The lowest BCUT2D eigenvalue weighted by molar-refractivity contribution is 0.0529. The highest BCUT2D eigenvalue weighted by molar-refractivity contribution is 6.12. The number of carbonyl (C=O) groups excluding carboxylic acids is 2. The van der Waals surface area contributed by atoms with Crippen LogP contribution >= 0.6 is 0 Å². The Balaban J connectivity index is 1.74. The van der Waals surface area contributed by atoms with E-state index in [1.807, 2.05) is 60.7 Å². The second kappa shape index (κ2) is 9.12. The van der Waals surface area contributed by atoms with E-state index >= 15 is 0 Å². The number of para-hydroxylation sites is 1. The Morgan fingerprint density at radius 1 is 0.971 bits per heavy atom. The van der Waals surface area contributed by atoms with E-state index in [0.717, 1.165) is 5.56 Å². The summed E-state index contributed by atoms with van der Waals surface area (Å²) in [6.07, 6.45) is 1.70. The van der Waals surface area contributed by atoms with Gasteiger partial charge in [-0.25, -0.2) is 9.48 Å². The van der Waals surface area contributed by atoms with Crippen LogP contribution in [0.5, 0.6) is 0 Å². The summed E-state index contributed by atoms with van der Waals surface area (Å²) in [5.41, 5.74) is 3.20. The second-order valence-corrected chi connectivity index (χ2v) is 7.75. The van der Waals surface area contributed by atoms with Gasteiger partial charge in [-0.2, -0.15) is 10.4 Å². The van der Waals surface area contributed by atoms with Crippen molar-refractivity contribution >= 4 is 17.3 Å². The maximum Gasteiger partial charge on any atom is 0.340 e. The van der Waals surface area contributed by atoms with Gasteiger partial charge in [-0.05, 0) is 37.3 Å². The van der Waals surface area contributed by atoms with Gasteiger partial charge in [0.25, 0.3) is 0 Å². The molecule has 5 aromatic rings. The van der Waals surface area contributed by atoms with Crippen LogP contribution in [-0.2, 0) is 4.74 Å². The quantitative estimate of drug-likeness (QED) is 0.261. The zero-order valence-corrected chi connectivity index (χ0v) is 18.9. The van der Waals surface area contributed by atoms with Gasteiger partial charge < -0.3 is 9.14 Å². The molecule has 0 amide bonds. The summed E-state index contributed by atoms with van der Waals surface area (Å²) in [7, 11) is 0. The fraction of sp³-hybridized carbons (Fsp3) is 0.0714. The molecule has 0 radical (unpaired) electrons. The summed E-state index contributed by atoms with van der Waals surface area (Å²) >= 11 is 0. The van der Waals surface area contributed by atoms with Crippen LogP contribution in [0.3, 0.4) is 0 Å². The Labute approximate surface area is 201 Å². The number of ketones is 1. The molecule has 0 bridgehead atoms. The van der Waals surface area contributed by atoms with E-state index in [2.05, 4.69) is 11.2 Å². The molecule has 0 aliphatic rings. The molecule has 170 valence electrons. The van der Waals surface area contributed by atoms with Gasteiger partial charge in [-0.1, -0.05) is 54.6 Å². The van der Waals surface area contributed by atoms with E-state index in [1.54, 1.807) is 40.4 Å². The zero-order valence-electron chi connectivity index (χ0n) is 18.9. The molecule has 3 heterocycles. The third kappa shape index (κ3) is 3.77. The lowest BCUT2D eigenvalue weighted by Gasteiger charge is -2.07. The lowest BCUT2D eigenvalue weighted by Crippen LogP contribution is -2.08. The molecule has 0 aliphatic heterocycles. The number of ether oxygens (including phenoxy) is 1. The number of carbonyl (C=O) groups is 2. The molecule has 0 spiro atoms. The van der Waals surface area contributed by atoms with Gasteiger partial charge in [0.05, 0.1) is 34.8 Å². The number of esters is 1. The smallest absolute Gasteiger partial charge is 0.340 e. The Hall–Kier alpha value is -4.96. The average molecular weight is 460 g/mol. The number of nitrogens with zero attached hydrogens (tertiary/aromatic N) is 4. The Morgan fingerprint density at radius 3 is 2.34 bits per heavy atom. The molecule has 0 atom stereocenters. The van der Waals surface area contributed by atoms with Crippen LogP contribution in [0.15, 0.2) is 91.1 Å². The summed E-state index contributed by atoms with van der Waals surface area (Å²) in [6.45, 7) is 1.94. The topological polar surface area (TPSA) is 89.4 Å². The van der Waals surface area contributed by atoms with Crippen molar-refractivity contribution < 1.29 is 14.3 Å². The second-order valence-electron chi connectivity index (χ2n) is 7.75. The maximum atomic E-state index is 13.9. The molecule has 0 saturated carbocycles. The molecule has 35 heavy (non-hydrogen) atoms. The SMILES string of the molecule is CCOC(=O)c1cc(C(=O)c2nn(-c3ccccc3)c(-c3ccccc3)c2C#N)n2ccccc12. The number of fused-ring (bicyclic) bond motifs is 1. The molecule has 0 aliphatic carbocycles. The van der Waals surface area contributed by atoms with Gasteiger partial charge in [0.1, 0.15) is 11.6 Å². The number of hydrogen-bond donors (Lipinski definition) is 0. The molecule has 5 rings (SSSR count). The molecule has 2 aromatic carbocycles. The molecule has 7 heteroatoms. The standard InChI is InChI=1S/C28H20N4O3/c1-2-35-28(34)21-17-24(31-16-10-9-15-23(21)31)27(33)25-22(18-29)26(19-11-5-3-6-12-19)32(30-25)20-13-7-4-8-14-20/h3-17H,2H2,1H3. The fourth-order valence-electron chi connectivity index (χ4n) is 4.12. The lowest BCUT2D eigenvalue weighted by atomic mass is 10.0. The van der Waals surface area contributed by atoms with E-state index < -0.39 is 11.8 Å². The van der Waals surface area contributed by atoms with Crippen LogP contribution in [0.2, 0.25) is 0 Å². The number of aromatic nitrogens is 3. The number of pyridine rings is 1. The van der Waals surface area contributed by atoms with Crippen LogP contribution in [0, 0.1) is 11.3 Å². The molecular weight excluding hydrogens is 440 g/mol. The van der Waals surface area contributed by atoms with Crippen LogP contribution in [0.1, 0.15) is 39.0 Å². The number of rotatable bonds is 6. The number of nitriles is 1. The molecule has 0 unspecified atom stereocenters. The largest absolute Gasteiger partial charge is 0.462 e. The van der Waals surface area contributed by atoms with E-state index in [0.29, 0.717) is 16.9 Å². The number of benzene rings is 2. The fourth-order valence-corrected chi connectivity index (χ4v) is 4.12. The maximum absolute atomic E-state index is 13.9. The Kier molecular flexibility index (Phi) is 5.70. The monoisotopic (exact) mass is 460 g/mol. The van der Waals surface area contributed by atoms with Gasteiger partial charge in [-0.15, -0.1) is 0 Å². The van der Waals surface area contributed by atoms with Crippen molar-refractivity contribution in [3.63, 3.8) is 0 Å². The molecule has 0 N–H and O–H groups in total. The van der Waals surface area contributed by atoms with Gasteiger partial charge >= 0.3 is 5.97 Å². The first kappa shape index (κ1) is 21.9. The van der Waals surface area contributed by atoms with Crippen LogP contribution in [0.25, 0.3) is 22.5 Å². The summed E-state index contributed by atoms with van der Waals surface area (Å²) in [5.74, 6) is -0.985. The first-order chi connectivity index (χ1) is 17.1. The van der Waals surface area contributed by atoms with Crippen molar-refractivity contribution in [1.29, 1.82) is 5.26 Å². The van der Waals surface area contributed by atoms with E-state index in [4.69, 9.17) is 4.74 Å². The van der Waals surface area contributed by atoms with E-state index in [9.17, 15) is 14.9 Å². The van der Waals surface area contributed by atoms with Gasteiger partial charge in [-0.3, -0.25) is 4.79 Å². The first-order valence-corrected chi connectivity index (χ1v) is 11.1. The first-order valence-electron chi connectivity index (χ1n) is 11.1. The Morgan fingerprint density at radius 2 is 1.66 bits per heavy atom. The highest BCUT2D eigenvalue weighted by atomic mass is 16.5. The highest BCUT2D eigenvalue weighted by Gasteiger charge is 2.29. The van der Waals surface area contributed by atoms with Crippen LogP contribution in [-0.4, -0.2) is 32.5 Å². The van der Waals surface area contributed by atoms with Crippen molar-refractivity contribution in [1.82, 2.24) is 14.2 Å². The number of hydrogen-bond acceptors (Lipinski definition) is 5. The predicted octanol–water partition coefficient (Wildman–Crippen LogP) is 5.07. The van der Waals surface area contributed by atoms with Crippen molar-refractivity contribution in [2.45, 2.75) is 6.92 Å². The Bertz CT molecular complexity index is 1590. The summed E-state index contributed by atoms with van der Waals surface area (Å²) in [5, 5.41) is 14.8. The third-order valence-electron chi connectivity index (χ3n) is 5.66. The summed E-state index contributed by atoms with van der Waals surface area (Å²) < 4.78 is 8.42. The van der Waals surface area contributed by atoms with Gasteiger partial charge in [0.15, 0.2) is 5.69 Å². The molecule has 7 nitrogen and oxygen atoms in total. The molecule has 0 saturated heterocycles. The van der Waals surface area contributed by atoms with Crippen molar-refractivity contribution in [2.24, 2.45) is 0 Å². The van der Waals surface area contributed by atoms with Crippen LogP contribution in [0.4, 0.5) is 0 Å². The van der Waals surface area contributed by atoms with Gasteiger partial charge in [0, 0.05) is 11.8 Å². The molecule has 3 aromatic heterocycles. The average Bonchev–Trinajstić information content (AvgIpc) is 3.49. The predicted molar refractivity (Wildman–Crippen MR) is 131 cm³/mol. The van der Waals surface area contributed by atoms with Crippen molar-refractivity contribution in [3.8, 4) is 23.0 Å². The normalized spacial score (nSPS) is 10.7. The third-order valence-corrected chi connectivity index (χ3v) is 5.66. The minimum absolute atomic E-state index is 0.00821. The highest BCUT2D eigenvalue weighted by Crippen LogP contribution is 2.31. The minimum atomic E-state index is -0.518. The van der Waals surface area contributed by atoms with Gasteiger partial charge in [0.2, 0.25) is 5.78 Å². The van der Waals surface area contributed by atoms with Crippen molar-refractivity contribution in [3.05, 3.63) is 114 Å². The summed E-state index contributed by atoms with van der Waals surface area (Å²) in [6, 6.07) is 27.7. The summed E-state index contributed by atoms with van der Waals surface area (Å²) in [4.78, 5) is 26.4. The van der Waals surface area contributed by atoms with Crippen LogP contribution < -0.4 is 0 Å². The minimum Gasteiger partial charge on any atom is -0.462 e. The molecular formula is C28H20N4O3.